The Morgan fingerprint density at radius 1 is 1.50 bits per heavy atom. The molecule has 0 aromatic rings. The van der Waals surface area contributed by atoms with Crippen molar-refractivity contribution in [3.05, 3.63) is 25.5 Å². The SMILES string of the molecule is C=CCOC=C.[O]F. The lowest BCUT2D eigenvalue weighted by atomic mass is 10.7. The molecule has 47 valence electrons. The van der Waals surface area contributed by atoms with Crippen LogP contribution in [0.1, 0.15) is 0 Å². The maximum Gasteiger partial charge on any atom is 0.105 e. The third kappa shape index (κ3) is 19.1. The average Bonchev–Trinajstić information content (AvgIpc) is 1.88. The van der Waals surface area contributed by atoms with Crippen molar-refractivity contribution in [1.29, 1.82) is 0 Å². The highest BCUT2D eigenvalue weighted by molar-refractivity contribution is 4.65. The van der Waals surface area contributed by atoms with Gasteiger partial charge in [0.05, 0.1) is 6.26 Å². The van der Waals surface area contributed by atoms with Gasteiger partial charge < -0.3 is 4.74 Å². The van der Waals surface area contributed by atoms with E-state index in [2.05, 4.69) is 17.9 Å². The number of hydrogen-bond donors (Lipinski definition) is 0. The van der Waals surface area contributed by atoms with Gasteiger partial charge in [-0.15, -0.1) is 0 Å². The Kier molecular flexibility index (Phi) is 20.9. The number of hydrogen-bond acceptors (Lipinski definition) is 1. The molecule has 0 amide bonds. The van der Waals surface area contributed by atoms with E-state index < -0.39 is 0 Å². The van der Waals surface area contributed by atoms with E-state index in [-0.39, 0.29) is 0 Å². The Morgan fingerprint density at radius 2 is 2.00 bits per heavy atom. The lowest BCUT2D eigenvalue weighted by Crippen LogP contribution is -1.75. The van der Waals surface area contributed by atoms with Crippen molar-refractivity contribution < 1.29 is 14.6 Å². The van der Waals surface area contributed by atoms with Crippen molar-refractivity contribution in [2.24, 2.45) is 0 Å². The zero-order valence-corrected chi connectivity index (χ0v) is 4.47. The summed E-state index contributed by atoms with van der Waals surface area (Å²) in [5.41, 5.74) is 0. The first-order chi connectivity index (χ1) is 3.91. The molecule has 1 radical (unpaired) electrons. The van der Waals surface area contributed by atoms with Crippen molar-refractivity contribution in [2.45, 2.75) is 0 Å². The molecule has 0 unspecified atom stereocenters. The predicted octanol–water partition coefficient (Wildman–Crippen LogP) is 1.63. The second-order valence-corrected chi connectivity index (χ2v) is 0.789. The van der Waals surface area contributed by atoms with Gasteiger partial charge in [0, 0.05) is 5.31 Å². The second-order valence-electron chi connectivity index (χ2n) is 0.789. The largest absolute Gasteiger partial charge is 0.498 e. The summed E-state index contributed by atoms with van der Waals surface area (Å²) in [6, 6.07) is 0. The van der Waals surface area contributed by atoms with Crippen molar-refractivity contribution in [2.75, 3.05) is 6.61 Å². The molecule has 0 aromatic heterocycles. The van der Waals surface area contributed by atoms with Crippen LogP contribution >= 0.6 is 0 Å². The monoisotopic (exact) mass is 119 g/mol. The Hall–Kier alpha value is -0.830. The minimum absolute atomic E-state index is 0.559. The molecule has 0 bridgehead atoms. The normalized spacial score (nSPS) is 5.75. The molecule has 2 nitrogen and oxygen atoms in total. The summed E-state index contributed by atoms with van der Waals surface area (Å²) in [4.78, 5) is 0. The van der Waals surface area contributed by atoms with E-state index >= 15 is 0 Å². The van der Waals surface area contributed by atoms with Crippen molar-refractivity contribution in [3.8, 4) is 0 Å². The van der Waals surface area contributed by atoms with Gasteiger partial charge in [-0.1, -0.05) is 19.2 Å². The van der Waals surface area contributed by atoms with E-state index in [4.69, 9.17) is 9.84 Å². The van der Waals surface area contributed by atoms with Gasteiger partial charge in [-0.05, 0) is 4.53 Å². The van der Waals surface area contributed by atoms with Crippen LogP contribution in [0.4, 0.5) is 4.53 Å². The number of rotatable bonds is 3. The molecule has 0 aliphatic rings. The highest BCUT2D eigenvalue weighted by Gasteiger charge is 1.61. The van der Waals surface area contributed by atoms with Gasteiger partial charge in [-0.2, -0.15) is 0 Å². The van der Waals surface area contributed by atoms with Gasteiger partial charge in [0.2, 0.25) is 0 Å². The molecule has 0 rings (SSSR count). The third-order valence-electron chi connectivity index (χ3n) is 0.332. The van der Waals surface area contributed by atoms with E-state index in [0.29, 0.717) is 6.61 Å². The average molecular weight is 119 g/mol. The van der Waals surface area contributed by atoms with E-state index in [1.807, 2.05) is 0 Å². The summed E-state index contributed by atoms with van der Waals surface area (Å²) in [6.45, 7) is 7.31. The fourth-order valence-corrected chi connectivity index (χ4v) is 0.136. The van der Waals surface area contributed by atoms with Crippen LogP contribution in [-0.2, 0) is 10.0 Å². The highest BCUT2D eigenvalue weighted by Crippen LogP contribution is 1.69. The Bertz CT molecular complexity index is 46.4. The van der Waals surface area contributed by atoms with Gasteiger partial charge in [0.1, 0.15) is 6.61 Å². The van der Waals surface area contributed by atoms with E-state index in [1.54, 1.807) is 6.08 Å². The lowest BCUT2D eigenvalue weighted by Gasteiger charge is -1.86. The van der Waals surface area contributed by atoms with Crippen molar-refractivity contribution in [1.82, 2.24) is 0 Å². The maximum absolute atomic E-state index is 8.25. The molecule has 0 spiro atoms. The summed E-state index contributed by atoms with van der Waals surface area (Å²) in [7, 11) is 0. The molecule has 0 atom stereocenters. The fraction of sp³-hybridized carbons (Fsp3) is 0.200. The minimum Gasteiger partial charge on any atom is -0.498 e. The lowest BCUT2D eigenvalue weighted by molar-refractivity contribution is -0.125. The van der Waals surface area contributed by atoms with Crippen LogP contribution in [0.2, 0.25) is 0 Å². The smallest absolute Gasteiger partial charge is 0.105 e. The van der Waals surface area contributed by atoms with Crippen LogP contribution in [-0.4, -0.2) is 6.61 Å². The van der Waals surface area contributed by atoms with Gasteiger partial charge in [0.15, 0.2) is 0 Å². The molecule has 3 heteroatoms. The van der Waals surface area contributed by atoms with Gasteiger partial charge in [-0.3, -0.25) is 0 Å². The van der Waals surface area contributed by atoms with E-state index in [9.17, 15) is 0 Å². The quantitative estimate of drug-likeness (QED) is 0.315. The van der Waals surface area contributed by atoms with E-state index in [0.717, 1.165) is 0 Å². The predicted molar refractivity (Wildman–Crippen MR) is 28.1 cm³/mol. The van der Waals surface area contributed by atoms with Gasteiger partial charge in [-0.25, -0.2) is 0 Å². The summed E-state index contributed by atoms with van der Waals surface area (Å²) >= 11 is 0. The zero-order valence-electron chi connectivity index (χ0n) is 4.47. The molecule has 0 aliphatic carbocycles. The molecule has 0 saturated carbocycles. The summed E-state index contributed by atoms with van der Waals surface area (Å²) in [5.74, 6) is 0. The third-order valence-corrected chi connectivity index (χ3v) is 0.332. The van der Waals surface area contributed by atoms with Crippen molar-refractivity contribution in [3.63, 3.8) is 0 Å². The molecule has 0 aliphatic heterocycles. The Morgan fingerprint density at radius 3 is 2.12 bits per heavy atom. The Balaban J connectivity index is 0. The first kappa shape index (κ1) is 10.2. The maximum atomic E-state index is 8.25. The standard InChI is InChI=1S/C5H8O.FO/c1-3-5-6-4-2;1-2/h3-4H,1-2,5H2;. The molecule has 0 fully saturated rings. The molecular formula is C5H8FO2. The van der Waals surface area contributed by atoms with Crippen LogP contribution in [0.3, 0.4) is 0 Å². The minimum atomic E-state index is 0.559. The summed E-state index contributed by atoms with van der Waals surface area (Å²) < 4.78 is 12.9. The first-order valence-electron chi connectivity index (χ1n) is 1.90. The molecule has 0 saturated heterocycles. The number of ether oxygens (including phenoxy) is 1. The molecule has 0 heterocycles. The van der Waals surface area contributed by atoms with Crippen LogP contribution in [0.5, 0.6) is 0 Å². The van der Waals surface area contributed by atoms with Crippen LogP contribution in [0.25, 0.3) is 0 Å². The van der Waals surface area contributed by atoms with E-state index in [1.165, 1.54) is 6.26 Å². The molecule has 0 N–H and O–H groups in total. The summed E-state index contributed by atoms with van der Waals surface area (Å²) in [6.07, 6.45) is 3.06. The number of halogens is 1. The molecule has 0 aromatic carbocycles. The second kappa shape index (κ2) is 16.4. The molecule has 8 heavy (non-hydrogen) atoms. The topological polar surface area (TPSA) is 29.1 Å². The zero-order chi connectivity index (χ0) is 6.83. The van der Waals surface area contributed by atoms with Crippen LogP contribution in [0.15, 0.2) is 25.5 Å². The van der Waals surface area contributed by atoms with Gasteiger partial charge >= 0.3 is 0 Å². The van der Waals surface area contributed by atoms with Crippen LogP contribution in [0, 0.1) is 0 Å². The summed E-state index contributed by atoms with van der Waals surface area (Å²) in [5, 5.41) is 6.75. The fourth-order valence-electron chi connectivity index (χ4n) is 0.136. The van der Waals surface area contributed by atoms with Crippen LogP contribution < -0.4 is 0 Å². The highest BCUT2D eigenvalue weighted by atomic mass is 19.3. The van der Waals surface area contributed by atoms with Gasteiger partial charge in [0.25, 0.3) is 0 Å². The van der Waals surface area contributed by atoms with Crippen molar-refractivity contribution >= 4 is 0 Å². The molecular weight excluding hydrogens is 111 g/mol. The Labute approximate surface area is 47.8 Å². The first-order valence-corrected chi connectivity index (χ1v) is 1.90.